The Morgan fingerprint density at radius 1 is 1.43 bits per heavy atom. The summed E-state index contributed by atoms with van der Waals surface area (Å²) in [6, 6.07) is 4.01. The SMILES string of the molecule is CCN(Cc1ccc(Br)s1)C(=O)c1n[nH]c(C(C)(C)C)n1. The van der Waals surface area contributed by atoms with Crippen molar-refractivity contribution in [1.29, 1.82) is 0 Å². The van der Waals surface area contributed by atoms with Gasteiger partial charge in [0.1, 0.15) is 5.82 Å². The van der Waals surface area contributed by atoms with Crippen molar-refractivity contribution in [3.05, 3.63) is 32.4 Å². The number of H-pyrrole nitrogens is 1. The number of carbonyl (C=O) groups is 1. The Morgan fingerprint density at radius 3 is 2.62 bits per heavy atom. The molecule has 0 fully saturated rings. The zero-order valence-electron chi connectivity index (χ0n) is 12.6. The van der Waals surface area contributed by atoms with Gasteiger partial charge in [-0.3, -0.25) is 9.89 Å². The third-order valence-corrected chi connectivity index (χ3v) is 4.64. The van der Waals surface area contributed by atoms with Gasteiger partial charge in [0, 0.05) is 16.8 Å². The van der Waals surface area contributed by atoms with Gasteiger partial charge in [-0.1, -0.05) is 20.8 Å². The summed E-state index contributed by atoms with van der Waals surface area (Å²) in [5, 5.41) is 6.93. The molecule has 1 amide bonds. The van der Waals surface area contributed by atoms with Crippen molar-refractivity contribution in [2.45, 2.75) is 39.7 Å². The van der Waals surface area contributed by atoms with Gasteiger partial charge in [0.25, 0.3) is 5.91 Å². The molecular weight excluding hydrogens is 352 g/mol. The van der Waals surface area contributed by atoms with Crippen molar-refractivity contribution in [1.82, 2.24) is 20.1 Å². The fraction of sp³-hybridized carbons (Fsp3) is 0.500. The molecule has 0 aromatic carbocycles. The highest BCUT2D eigenvalue weighted by Gasteiger charge is 2.24. The highest BCUT2D eigenvalue weighted by molar-refractivity contribution is 9.11. The Hall–Kier alpha value is -1.21. The van der Waals surface area contributed by atoms with Gasteiger partial charge in [0.2, 0.25) is 5.82 Å². The summed E-state index contributed by atoms with van der Waals surface area (Å²) in [5.74, 6) is 0.812. The van der Waals surface area contributed by atoms with Gasteiger partial charge < -0.3 is 4.90 Å². The van der Waals surface area contributed by atoms with E-state index in [0.29, 0.717) is 13.1 Å². The van der Waals surface area contributed by atoms with Crippen LogP contribution in [0, 0.1) is 0 Å². The number of hydrogen-bond acceptors (Lipinski definition) is 4. The molecule has 0 radical (unpaired) electrons. The first-order valence-electron chi connectivity index (χ1n) is 6.77. The lowest BCUT2D eigenvalue weighted by Crippen LogP contribution is -2.31. The van der Waals surface area contributed by atoms with Crippen molar-refractivity contribution < 1.29 is 4.79 Å². The van der Waals surface area contributed by atoms with Gasteiger partial charge in [0.15, 0.2) is 0 Å². The van der Waals surface area contributed by atoms with Crippen LogP contribution in [0.4, 0.5) is 0 Å². The molecule has 0 unspecified atom stereocenters. The zero-order chi connectivity index (χ0) is 15.6. The lowest BCUT2D eigenvalue weighted by atomic mass is 9.96. The number of hydrogen-bond donors (Lipinski definition) is 1. The zero-order valence-corrected chi connectivity index (χ0v) is 15.0. The van der Waals surface area contributed by atoms with Gasteiger partial charge in [-0.15, -0.1) is 16.4 Å². The summed E-state index contributed by atoms with van der Waals surface area (Å²) in [6.45, 7) is 9.24. The van der Waals surface area contributed by atoms with Gasteiger partial charge in [-0.05, 0) is 35.0 Å². The summed E-state index contributed by atoms with van der Waals surface area (Å²) in [4.78, 5) is 19.7. The lowest BCUT2D eigenvalue weighted by Gasteiger charge is -2.18. The van der Waals surface area contributed by atoms with E-state index in [2.05, 4.69) is 31.1 Å². The standard InChI is InChI=1S/C14H19BrN4OS/c1-5-19(8-9-6-7-10(15)21-9)12(20)11-16-13(18-17-11)14(2,3)4/h6-7H,5,8H2,1-4H3,(H,16,17,18). The van der Waals surface area contributed by atoms with Crippen molar-refractivity contribution >= 4 is 33.2 Å². The molecule has 0 saturated heterocycles. The maximum Gasteiger partial charge on any atom is 0.293 e. The first-order valence-corrected chi connectivity index (χ1v) is 8.38. The van der Waals surface area contributed by atoms with Crippen molar-refractivity contribution in [2.24, 2.45) is 0 Å². The molecular formula is C14H19BrN4OS. The Labute approximate surface area is 136 Å². The van der Waals surface area contributed by atoms with E-state index in [1.165, 1.54) is 0 Å². The minimum absolute atomic E-state index is 0.145. The molecule has 0 saturated carbocycles. The molecule has 7 heteroatoms. The molecule has 2 aromatic rings. The number of nitrogens with one attached hydrogen (secondary N) is 1. The fourth-order valence-corrected chi connectivity index (χ4v) is 3.29. The quantitative estimate of drug-likeness (QED) is 0.894. The maximum absolute atomic E-state index is 12.5. The van der Waals surface area contributed by atoms with Gasteiger partial charge in [-0.25, -0.2) is 4.98 Å². The van der Waals surface area contributed by atoms with Crippen LogP contribution in [0.2, 0.25) is 0 Å². The molecule has 5 nitrogen and oxygen atoms in total. The Kier molecular flexibility index (Phi) is 4.83. The number of carbonyl (C=O) groups excluding carboxylic acids is 1. The van der Waals surface area contributed by atoms with E-state index in [1.807, 2.05) is 39.8 Å². The van der Waals surface area contributed by atoms with E-state index in [1.54, 1.807) is 16.2 Å². The minimum Gasteiger partial charge on any atom is -0.331 e. The number of aromatic amines is 1. The molecule has 1 N–H and O–H groups in total. The van der Waals surface area contributed by atoms with Crippen LogP contribution in [-0.2, 0) is 12.0 Å². The molecule has 0 atom stereocenters. The highest BCUT2D eigenvalue weighted by Crippen LogP contribution is 2.24. The van der Waals surface area contributed by atoms with Crippen LogP contribution in [0.1, 0.15) is 49.0 Å². The van der Waals surface area contributed by atoms with Gasteiger partial charge >= 0.3 is 0 Å². The normalized spacial score (nSPS) is 11.7. The number of nitrogens with zero attached hydrogens (tertiary/aromatic N) is 3. The predicted molar refractivity (Wildman–Crippen MR) is 87.5 cm³/mol. The second-order valence-corrected chi connectivity index (χ2v) is 8.33. The average Bonchev–Trinajstić information content (AvgIpc) is 3.03. The third kappa shape index (κ3) is 3.91. The third-order valence-electron chi connectivity index (χ3n) is 3.03. The Morgan fingerprint density at radius 2 is 2.14 bits per heavy atom. The molecule has 0 bridgehead atoms. The topological polar surface area (TPSA) is 61.9 Å². The summed E-state index contributed by atoms with van der Waals surface area (Å²) in [7, 11) is 0. The van der Waals surface area contributed by atoms with E-state index in [0.717, 1.165) is 14.5 Å². The van der Waals surface area contributed by atoms with E-state index in [9.17, 15) is 4.79 Å². The van der Waals surface area contributed by atoms with Crippen LogP contribution in [0.3, 0.4) is 0 Å². The molecule has 114 valence electrons. The van der Waals surface area contributed by atoms with Crippen LogP contribution < -0.4 is 0 Å². The summed E-state index contributed by atoms with van der Waals surface area (Å²) >= 11 is 5.06. The Bertz CT molecular complexity index is 629. The number of aromatic nitrogens is 3. The van der Waals surface area contributed by atoms with Crippen LogP contribution >= 0.6 is 27.3 Å². The summed E-state index contributed by atoms with van der Waals surface area (Å²) in [5.41, 5.74) is -0.152. The van der Waals surface area contributed by atoms with Crippen LogP contribution in [-0.4, -0.2) is 32.5 Å². The van der Waals surface area contributed by atoms with Gasteiger partial charge in [-0.2, -0.15) is 0 Å². The average molecular weight is 371 g/mol. The maximum atomic E-state index is 12.5. The Balaban J connectivity index is 2.14. The molecule has 0 spiro atoms. The highest BCUT2D eigenvalue weighted by atomic mass is 79.9. The predicted octanol–water partition coefficient (Wildman–Crippen LogP) is 3.59. The summed E-state index contributed by atoms with van der Waals surface area (Å²) in [6.07, 6.45) is 0. The smallest absolute Gasteiger partial charge is 0.293 e. The van der Waals surface area contributed by atoms with Crippen LogP contribution in [0.15, 0.2) is 15.9 Å². The first kappa shape index (κ1) is 16.2. The van der Waals surface area contributed by atoms with E-state index in [4.69, 9.17) is 0 Å². The largest absolute Gasteiger partial charge is 0.331 e. The van der Waals surface area contributed by atoms with Crippen molar-refractivity contribution in [2.75, 3.05) is 6.54 Å². The monoisotopic (exact) mass is 370 g/mol. The number of thiophene rings is 1. The second kappa shape index (κ2) is 6.27. The molecule has 21 heavy (non-hydrogen) atoms. The molecule has 2 aromatic heterocycles. The molecule has 0 aliphatic carbocycles. The van der Waals surface area contributed by atoms with E-state index in [-0.39, 0.29) is 17.1 Å². The number of rotatable bonds is 4. The molecule has 0 aliphatic rings. The number of halogens is 1. The number of amides is 1. The van der Waals surface area contributed by atoms with Gasteiger partial charge in [0.05, 0.1) is 10.3 Å². The van der Waals surface area contributed by atoms with E-state index < -0.39 is 0 Å². The molecule has 2 rings (SSSR count). The fourth-order valence-electron chi connectivity index (χ4n) is 1.79. The lowest BCUT2D eigenvalue weighted by molar-refractivity contribution is 0.0742. The van der Waals surface area contributed by atoms with E-state index >= 15 is 0 Å². The summed E-state index contributed by atoms with van der Waals surface area (Å²) < 4.78 is 1.06. The van der Waals surface area contributed by atoms with Crippen molar-refractivity contribution in [3.8, 4) is 0 Å². The second-order valence-electron chi connectivity index (χ2n) is 5.78. The van der Waals surface area contributed by atoms with Crippen LogP contribution in [0.25, 0.3) is 0 Å². The minimum atomic E-state index is -0.152. The molecule has 2 heterocycles. The first-order chi connectivity index (χ1) is 9.81. The van der Waals surface area contributed by atoms with Crippen LogP contribution in [0.5, 0.6) is 0 Å². The van der Waals surface area contributed by atoms with Crippen molar-refractivity contribution in [3.63, 3.8) is 0 Å². The molecule has 0 aliphatic heterocycles.